The standard InChI is InChI=1S/C27H25N3O4/c1-33-21-11-12-22-23(15-21)34-26(25(22)19-5-3-2-4-6-19)27(32)29-16-18-7-9-20(10-8-18)30-14-13-28-24(31)17-30/h2-12,15H,13-14,16-17H2,1H3,(H,28,31)(H,29,32). The molecule has 1 aromatic heterocycles. The van der Waals surface area contributed by atoms with E-state index in [1.54, 1.807) is 13.2 Å². The maximum atomic E-state index is 13.2. The fourth-order valence-electron chi connectivity index (χ4n) is 4.20. The van der Waals surface area contributed by atoms with Crippen molar-refractivity contribution in [2.24, 2.45) is 0 Å². The molecule has 5 rings (SSSR count). The molecule has 1 fully saturated rings. The minimum atomic E-state index is -0.286. The molecule has 0 spiro atoms. The Morgan fingerprint density at radius 1 is 1.09 bits per heavy atom. The van der Waals surface area contributed by atoms with E-state index < -0.39 is 0 Å². The molecule has 2 amide bonds. The molecule has 172 valence electrons. The van der Waals surface area contributed by atoms with Gasteiger partial charge in [-0.2, -0.15) is 0 Å². The molecule has 7 heteroatoms. The Kier molecular flexibility index (Phi) is 5.91. The number of methoxy groups -OCH3 is 1. The zero-order valence-corrected chi connectivity index (χ0v) is 18.8. The van der Waals surface area contributed by atoms with E-state index in [9.17, 15) is 9.59 Å². The van der Waals surface area contributed by atoms with Crippen LogP contribution < -0.4 is 20.3 Å². The average molecular weight is 456 g/mol. The second-order valence-electron chi connectivity index (χ2n) is 8.15. The minimum absolute atomic E-state index is 0.0280. The topological polar surface area (TPSA) is 83.8 Å². The smallest absolute Gasteiger partial charge is 0.287 e. The van der Waals surface area contributed by atoms with E-state index >= 15 is 0 Å². The molecule has 0 unspecified atom stereocenters. The van der Waals surface area contributed by atoms with Crippen molar-refractivity contribution in [2.45, 2.75) is 6.54 Å². The fraction of sp³-hybridized carbons (Fsp3) is 0.185. The van der Waals surface area contributed by atoms with Gasteiger partial charge in [-0.1, -0.05) is 42.5 Å². The third kappa shape index (κ3) is 4.32. The van der Waals surface area contributed by atoms with Gasteiger partial charge < -0.3 is 24.7 Å². The number of nitrogens with zero attached hydrogens (tertiary/aromatic N) is 1. The summed E-state index contributed by atoms with van der Waals surface area (Å²) in [7, 11) is 1.60. The van der Waals surface area contributed by atoms with Crippen molar-refractivity contribution in [3.8, 4) is 16.9 Å². The lowest BCUT2D eigenvalue weighted by Crippen LogP contribution is -2.47. The SMILES string of the molecule is COc1ccc2c(-c3ccccc3)c(C(=O)NCc3ccc(N4CCNC(=O)C4)cc3)oc2c1. The number of hydrogen-bond acceptors (Lipinski definition) is 5. The number of carbonyl (C=O) groups excluding carboxylic acids is 2. The lowest BCUT2D eigenvalue weighted by molar-refractivity contribution is -0.120. The molecule has 1 aliphatic rings. The van der Waals surface area contributed by atoms with Crippen LogP contribution in [0.15, 0.2) is 77.2 Å². The number of ether oxygens (including phenoxy) is 1. The molecule has 1 aliphatic heterocycles. The highest BCUT2D eigenvalue weighted by Gasteiger charge is 2.22. The zero-order valence-electron chi connectivity index (χ0n) is 18.8. The van der Waals surface area contributed by atoms with Crippen LogP contribution >= 0.6 is 0 Å². The first-order chi connectivity index (χ1) is 16.6. The van der Waals surface area contributed by atoms with E-state index in [0.29, 0.717) is 31.0 Å². The van der Waals surface area contributed by atoms with Gasteiger partial charge in [0.2, 0.25) is 11.7 Å². The molecule has 2 heterocycles. The lowest BCUT2D eigenvalue weighted by atomic mass is 10.0. The quantitative estimate of drug-likeness (QED) is 0.460. The first kappa shape index (κ1) is 21.6. The molecule has 4 aromatic rings. The van der Waals surface area contributed by atoms with Crippen LogP contribution in [0.3, 0.4) is 0 Å². The van der Waals surface area contributed by atoms with Gasteiger partial charge in [0.1, 0.15) is 11.3 Å². The van der Waals surface area contributed by atoms with Crippen molar-refractivity contribution in [3.63, 3.8) is 0 Å². The highest BCUT2D eigenvalue weighted by molar-refractivity contribution is 6.08. The van der Waals surface area contributed by atoms with Gasteiger partial charge in [-0.15, -0.1) is 0 Å². The van der Waals surface area contributed by atoms with Gasteiger partial charge in [0.15, 0.2) is 0 Å². The zero-order chi connectivity index (χ0) is 23.5. The van der Waals surface area contributed by atoms with Crippen LogP contribution in [-0.4, -0.2) is 38.6 Å². The van der Waals surface area contributed by atoms with Gasteiger partial charge in [-0.25, -0.2) is 0 Å². The number of benzene rings is 3. The van der Waals surface area contributed by atoms with Crippen molar-refractivity contribution in [1.82, 2.24) is 10.6 Å². The Bertz CT molecular complexity index is 1330. The first-order valence-electron chi connectivity index (χ1n) is 11.2. The monoisotopic (exact) mass is 455 g/mol. The van der Waals surface area contributed by atoms with E-state index in [4.69, 9.17) is 9.15 Å². The normalized spacial score (nSPS) is 13.6. The van der Waals surface area contributed by atoms with Crippen LogP contribution in [0.5, 0.6) is 5.75 Å². The third-order valence-electron chi connectivity index (χ3n) is 5.96. The van der Waals surface area contributed by atoms with Gasteiger partial charge in [0, 0.05) is 42.3 Å². The van der Waals surface area contributed by atoms with Crippen LogP contribution in [0.2, 0.25) is 0 Å². The van der Waals surface area contributed by atoms with Gasteiger partial charge in [-0.05, 0) is 35.4 Å². The number of hydrogen-bond donors (Lipinski definition) is 2. The number of rotatable bonds is 6. The first-order valence-corrected chi connectivity index (χ1v) is 11.2. The summed E-state index contributed by atoms with van der Waals surface area (Å²) in [4.78, 5) is 26.9. The average Bonchev–Trinajstić information content (AvgIpc) is 3.27. The van der Waals surface area contributed by atoms with Crippen molar-refractivity contribution in [2.75, 3.05) is 31.6 Å². The molecular weight excluding hydrogens is 430 g/mol. The van der Waals surface area contributed by atoms with E-state index in [1.165, 1.54) is 0 Å². The molecule has 2 N–H and O–H groups in total. The summed E-state index contributed by atoms with van der Waals surface area (Å²) >= 11 is 0. The number of fused-ring (bicyclic) bond motifs is 1. The maximum absolute atomic E-state index is 13.2. The number of piperazine rings is 1. The van der Waals surface area contributed by atoms with Crippen LogP contribution in [0.25, 0.3) is 22.1 Å². The van der Waals surface area contributed by atoms with Crippen molar-refractivity contribution in [3.05, 3.63) is 84.1 Å². The van der Waals surface area contributed by atoms with E-state index in [-0.39, 0.29) is 17.6 Å². The molecule has 0 atom stereocenters. The molecular formula is C27H25N3O4. The lowest BCUT2D eigenvalue weighted by Gasteiger charge is -2.28. The second-order valence-corrected chi connectivity index (χ2v) is 8.15. The number of nitrogens with one attached hydrogen (secondary N) is 2. The summed E-state index contributed by atoms with van der Waals surface area (Å²) in [6, 6.07) is 23.2. The predicted molar refractivity (Wildman–Crippen MR) is 131 cm³/mol. The highest BCUT2D eigenvalue weighted by atomic mass is 16.5. The number of furan rings is 1. The maximum Gasteiger partial charge on any atom is 0.287 e. The Hall–Kier alpha value is -4.26. The number of carbonyl (C=O) groups is 2. The summed E-state index contributed by atoms with van der Waals surface area (Å²) in [6.07, 6.45) is 0. The Balaban J connectivity index is 1.37. The summed E-state index contributed by atoms with van der Waals surface area (Å²) in [5.74, 6) is 0.676. The molecule has 34 heavy (non-hydrogen) atoms. The fourth-order valence-corrected chi connectivity index (χ4v) is 4.20. The Labute approximate surface area is 197 Å². The summed E-state index contributed by atoms with van der Waals surface area (Å²) in [5.41, 5.74) is 4.21. The van der Waals surface area contributed by atoms with E-state index in [2.05, 4.69) is 10.6 Å². The minimum Gasteiger partial charge on any atom is -0.497 e. The van der Waals surface area contributed by atoms with Crippen LogP contribution in [0, 0.1) is 0 Å². The predicted octanol–water partition coefficient (Wildman–Crippen LogP) is 3.97. The van der Waals surface area contributed by atoms with Crippen LogP contribution in [0.1, 0.15) is 16.1 Å². The molecule has 7 nitrogen and oxygen atoms in total. The second kappa shape index (κ2) is 9.31. The molecule has 0 saturated carbocycles. The highest BCUT2D eigenvalue weighted by Crippen LogP contribution is 2.36. The summed E-state index contributed by atoms with van der Waals surface area (Å²) in [6.45, 7) is 2.13. The number of amides is 2. The van der Waals surface area contributed by atoms with Gasteiger partial charge in [0.05, 0.1) is 13.7 Å². The van der Waals surface area contributed by atoms with Crippen LogP contribution in [0.4, 0.5) is 5.69 Å². The largest absolute Gasteiger partial charge is 0.497 e. The van der Waals surface area contributed by atoms with Crippen molar-refractivity contribution >= 4 is 28.5 Å². The molecule has 0 aliphatic carbocycles. The third-order valence-corrected chi connectivity index (χ3v) is 5.96. The summed E-state index contributed by atoms with van der Waals surface area (Å²) in [5, 5.41) is 6.66. The molecule has 0 bridgehead atoms. The molecule has 0 radical (unpaired) electrons. The number of anilines is 1. The van der Waals surface area contributed by atoms with Crippen molar-refractivity contribution in [1.29, 1.82) is 0 Å². The van der Waals surface area contributed by atoms with Crippen molar-refractivity contribution < 1.29 is 18.7 Å². The van der Waals surface area contributed by atoms with Crippen LogP contribution in [-0.2, 0) is 11.3 Å². The van der Waals surface area contributed by atoms with Gasteiger partial charge in [-0.3, -0.25) is 9.59 Å². The molecule has 3 aromatic carbocycles. The Morgan fingerprint density at radius 3 is 2.62 bits per heavy atom. The van der Waals surface area contributed by atoms with E-state index in [0.717, 1.165) is 34.3 Å². The van der Waals surface area contributed by atoms with E-state index in [1.807, 2.05) is 71.6 Å². The molecule has 1 saturated heterocycles. The van der Waals surface area contributed by atoms with Gasteiger partial charge >= 0.3 is 0 Å². The Morgan fingerprint density at radius 2 is 1.88 bits per heavy atom. The summed E-state index contributed by atoms with van der Waals surface area (Å²) < 4.78 is 11.3. The van der Waals surface area contributed by atoms with Gasteiger partial charge in [0.25, 0.3) is 5.91 Å².